The lowest BCUT2D eigenvalue weighted by atomic mass is 10.1. The first-order chi connectivity index (χ1) is 18.5. The number of aromatic nitrogens is 4. The van der Waals surface area contributed by atoms with Crippen molar-refractivity contribution in [2.75, 3.05) is 26.7 Å². The van der Waals surface area contributed by atoms with E-state index in [1.165, 1.54) is 18.1 Å². The Labute approximate surface area is 221 Å². The predicted molar refractivity (Wildman–Crippen MR) is 145 cm³/mol. The smallest absolute Gasteiger partial charge is 0.360 e. The van der Waals surface area contributed by atoms with E-state index in [0.717, 1.165) is 23.1 Å². The molecule has 3 heterocycles. The van der Waals surface area contributed by atoms with Crippen LogP contribution in [0, 0.1) is 0 Å². The minimum Gasteiger partial charge on any atom is -0.464 e. The van der Waals surface area contributed by atoms with E-state index in [1.807, 2.05) is 36.5 Å². The standard InChI is InChI=1S/C29H32N6O3/c1-20(14-21-8-4-3-5-9-21)17-34-18-23(35-19-26(32-33-35)29(37)38-2)15-27(34)28(36)30-13-12-22-16-31-25-11-7-6-10-24(22)25/h3-11,14,16,19,23,27,31H,12-13,15,17-18H2,1-2H3,(H,30,36)/t23-,27+/m1/s1. The number of fused-ring (bicyclic) bond motifs is 1. The lowest BCUT2D eigenvalue weighted by Gasteiger charge is -2.24. The van der Waals surface area contributed by atoms with Crippen molar-refractivity contribution in [2.24, 2.45) is 0 Å². The van der Waals surface area contributed by atoms with E-state index in [9.17, 15) is 9.59 Å². The zero-order valence-electron chi connectivity index (χ0n) is 21.6. The maximum atomic E-state index is 13.4. The van der Waals surface area contributed by atoms with Gasteiger partial charge in [0.05, 0.1) is 25.4 Å². The maximum absolute atomic E-state index is 13.4. The molecule has 9 heteroatoms. The van der Waals surface area contributed by atoms with Gasteiger partial charge in [-0.3, -0.25) is 9.69 Å². The second kappa shape index (κ2) is 11.4. The zero-order valence-corrected chi connectivity index (χ0v) is 21.6. The van der Waals surface area contributed by atoms with Gasteiger partial charge < -0.3 is 15.0 Å². The van der Waals surface area contributed by atoms with Crippen molar-refractivity contribution in [3.8, 4) is 0 Å². The number of rotatable bonds is 9. The highest BCUT2D eigenvalue weighted by Crippen LogP contribution is 2.28. The number of aromatic amines is 1. The van der Waals surface area contributed by atoms with E-state index >= 15 is 0 Å². The second-order valence-electron chi connectivity index (χ2n) is 9.71. The Balaban J connectivity index is 1.28. The normalized spacial score (nSPS) is 18.1. The summed E-state index contributed by atoms with van der Waals surface area (Å²) < 4.78 is 6.44. The van der Waals surface area contributed by atoms with Crippen LogP contribution in [0.15, 0.2) is 72.6 Å². The SMILES string of the molecule is COC(=O)c1cn([C@@H]2C[C@@H](C(=O)NCCc3c[nH]c4ccccc34)N(CC(C)=Cc3ccccc3)C2)nn1. The third-order valence-corrected chi connectivity index (χ3v) is 7.00. The van der Waals surface area contributed by atoms with Crippen LogP contribution in [-0.2, 0) is 16.0 Å². The van der Waals surface area contributed by atoms with E-state index in [4.69, 9.17) is 4.74 Å². The fourth-order valence-corrected chi connectivity index (χ4v) is 5.15. The highest BCUT2D eigenvalue weighted by Gasteiger charge is 2.38. The molecule has 1 aliphatic heterocycles. The minimum absolute atomic E-state index is 0.00633. The molecular formula is C29H32N6O3. The van der Waals surface area contributed by atoms with Crippen molar-refractivity contribution in [1.82, 2.24) is 30.2 Å². The molecule has 0 unspecified atom stereocenters. The molecule has 9 nitrogen and oxygen atoms in total. The molecule has 2 atom stereocenters. The van der Waals surface area contributed by atoms with E-state index in [2.05, 4.69) is 62.8 Å². The van der Waals surface area contributed by atoms with Gasteiger partial charge in [-0.1, -0.05) is 65.4 Å². The summed E-state index contributed by atoms with van der Waals surface area (Å²) in [6, 6.07) is 17.9. The van der Waals surface area contributed by atoms with Gasteiger partial charge in [-0.05, 0) is 37.0 Å². The number of hydrogen-bond donors (Lipinski definition) is 2. The first-order valence-electron chi connectivity index (χ1n) is 12.8. The number of benzene rings is 2. The van der Waals surface area contributed by atoms with Crippen LogP contribution in [0.4, 0.5) is 0 Å². The summed E-state index contributed by atoms with van der Waals surface area (Å²) in [5.74, 6) is -0.535. The minimum atomic E-state index is -0.528. The fourth-order valence-electron chi connectivity index (χ4n) is 5.15. The summed E-state index contributed by atoms with van der Waals surface area (Å²) in [6.07, 6.45) is 7.06. The summed E-state index contributed by atoms with van der Waals surface area (Å²) >= 11 is 0. The van der Waals surface area contributed by atoms with Crippen molar-refractivity contribution >= 4 is 28.9 Å². The van der Waals surface area contributed by atoms with Crippen molar-refractivity contribution in [2.45, 2.75) is 31.8 Å². The molecule has 1 amide bonds. The molecule has 2 N–H and O–H groups in total. The molecule has 1 saturated heterocycles. The Hall–Kier alpha value is -4.24. The Morgan fingerprint density at radius 1 is 1.16 bits per heavy atom. The van der Waals surface area contributed by atoms with Gasteiger partial charge in [0.2, 0.25) is 5.91 Å². The van der Waals surface area contributed by atoms with Crippen LogP contribution in [0.2, 0.25) is 0 Å². The summed E-state index contributed by atoms with van der Waals surface area (Å²) in [5, 5.41) is 12.4. The van der Waals surface area contributed by atoms with Gasteiger partial charge in [-0.25, -0.2) is 9.48 Å². The molecule has 196 valence electrons. The van der Waals surface area contributed by atoms with Crippen LogP contribution >= 0.6 is 0 Å². The molecule has 0 radical (unpaired) electrons. The summed E-state index contributed by atoms with van der Waals surface area (Å²) in [5.41, 5.74) is 4.72. The summed E-state index contributed by atoms with van der Waals surface area (Å²) in [7, 11) is 1.32. The van der Waals surface area contributed by atoms with E-state index in [1.54, 1.807) is 10.9 Å². The Kier molecular flexibility index (Phi) is 7.65. The molecule has 2 aromatic carbocycles. The third-order valence-electron chi connectivity index (χ3n) is 7.00. The van der Waals surface area contributed by atoms with Crippen LogP contribution in [0.5, 0.6) is 0 Å². The number of esters is 1. The second-order valence-corrected chi connectivity index (χ2v) is 9.71. The topological polar surface area (TPSA) is 105 Å². The average molecular weight is 513 g/mol. The Morgan fingerprint density at radius 2 is 1.95 bits per heavy atom. The molecular weight excluding hydrogens is 480 g/mol. The molecule has 5 rings (SSSR count). The first kappa shape index (κ1) is 25.4. The van der Waals surface area contributed by atoms with Gasteiger partial charge in [-0.2, -0.15) is 0 Å². The highest BCUT2D eigenvalue weighted by molar-refractivity contribution is 5.86. The van der Waals surface area contributed by atoms with Crippen molar-refractivity contribution in [1.29, 1.82) is 0 Å². The number of para-hydroxylation sites is 1. The molecule has 1 fully saturated rings. The fraction of sp³-hybridized carbons (Fsp3) is 0.310. The number of hydrogen-bond acceptors (Lipinski definition) is 6. The number of carbonyl (C=O) groups is 2. The maximum Gasteiger partial charge on any atom is 0.360 e. The van der Waals surface area contributed by atoms with Gasteiger partial charge in [0.25, 0.3) is 0 Å². The average Bonchev–Trinajstić information content (AvgIpc) is 3.68. The molecule has 1 aliphatic rings. The van der Waals surface area contributed by atoms with E-state index in [0.29, 0.717) is 26.1 Å². The van der Waals surface area contributed by atoms with Gasteiger partial charge in [0.1, 0.15) is 0 Å². The lowest BCUT2D eigenvalue weighted by molar-refractivity contribution is -0.125. The number of carbonyl (C=O) groups excluding carboxylic acids is 2. The van der Waals surface area contributed by atoms with Crippen LogP contribution in [0.25, 0.3) is 17.0 Å². The van der Waals surface area contributed by atoms with Crippen molar-refractivity contribution < 1.29 is 14.3 Å². The predicted octanol–water partition coefficient (Wildman–Crippen LogP) is 3.62. The number of methoxy groups -OCH3 is 1. The van der Waals surface area contributed by atoms with Crippen LogP contribution < -0.4 is 5.32 Å². The molecule has 0 saturated carbocycles. The van der Waals surface area contributed by atoms with E-state index in [-0.39, 0.29) is 23.7 Å². The molecule has 4 aromatic rings. The zero-order chi connectivity index (χ0) is 26.5. The van der Waals surface area contributed by atoms with Crippen LogP contribution in [-0.4, -0.2) is 69.5 Å². The van der Waals surface area contributed by atoms with Crippen molar-refractivity contribution in [3.63, 3.8) is 0 Å². The van der Waals surface area contributed by atoms with Crippen LogP contribution in [0.1, 0.15) is 41.0 Å². The summed E-state index contributed by atoms with van der Waals surface area (Å²) in [4.78, 5) is 30.8. The Morgan fingerprint density at radius 3 is 2.76 bits per heavy atom. The number of nitrogens with zero attached hydrogens (tertiary/aromatic N) is 4. The third kappa shape index (κ3) is 5.68. The summed E-state index contributed by atoms with van der Waals surface area (Å²) in [6.45, 7) is 3.89. The number of H-pyrrole nitrogens is 1. The van der Waals surface area contributed by atoms with Gasteiger partial charge in [0.15, 0.2) is 5.69 Å². The van der Waals surface area contributed by atoms with Gasteiger partial charge in [0, 0.05) is 36.7 Å². The van der Waals surface area contributed by atoms with Crippen molar-refractivity contribution in [3.05, 3.63) is 89.4 Å². The lowest BCUT2D eigenvalue weighted by Crippen LogP contribution is -2.44. The van der Waals surface area contributed by atoms with Gasteiger partial charge >= 0.3 is 5.97 Å². The number of likely N-dealkylation sites (tertiary alicyclic amines) is 1. The monoisotopic (exact) mass is 512 g/mol. The highest BCUT2D eigenvalue weighted by atomic mass is 16.5. The molecule has 0 bridgehead atoms. The molecule has 0 aliphatic carbocycles. The molecule has 2 aromatic heterocycles. The quantitative estimate of drug-likeness (QED) is 0.332. The molecule has 0 spiro atoms. The van der Waals surface area contributed by atoms with Gasteiger partial charge in [-0.15, -0.1) is 5.10 Å². The first-order valence-corrected chi connectivity index (χ1v) is 12.8. The van der Waals surface area contributed by atoms with E-state index < -0.39 is 5.97 Å². The largest absolute Gasteiger partial charge is 0.464 e. The van der Waals surface area contributed by atoms with Crippen LogP contribution in [0.3, 0.4) is 0 Å². The molecule has 38 heavy (non-hydrogen) atoms. The Bertz CT molecular complexity index is 1440. The number of ether oxygens (including phenoxy) is 1. The number of nitrogens with one attached hydrogen (secondary N) is 2. The number of amides is 1.